The molecule has 184 valence electrons. The van der Waals surface area contributed by atoms with E-state index in [0.717, 1.165) is 13.8 Å². The lowest BCUT2D eigenvalue weighted by Gasteiger charge is -2.22. The van der Waals surface area contributed by atoms with Gasteiger partial charge in [0.1, 0.15) is 11.5 Å². The number of anilines is 1. The highest BCUT2D eigenvalue weighted by atomic mass is 16.4. The van der Waals surface area contributed by atoms with Gasteiger partial charge in [0.2, 0.25) is 0 Å². The number of aliphatic carboxylic acids is 2. The van der Waals surface area contributed by atoms with E-state index in [2.05, 4.69) is 10.6 Å². The number of benzene rings is 2. The van der Waals surface area contributed by atoms with Crippen LogP contribution in [-0.2, 0) is 9.59 Å². The first-order valence-electron chi connectivity index (χ1n) is 10.2. The lowest BCUT2D eigenvalue weighted by molar-refractivity contribution is -0.135. The summed E-state index contributed by atoms with van der Waals surface area (Å²) in [5.74, 6) is -3.35. The number of phenols is 2. The molecular weight excluding hydrogens is 448 g/mol. The number of carboxylic acids is 2. The van der Waals surface area contributed by atoms with Gasteiger partial charge in [0.05, 0.1) is 22.8 Å². The quantitative estimate of drug-likeness (QED) is 0.201. The Bertz CT molecular complexity index is 1040. The molecule has 1 aliphatic rings. The second-order valence-electron chi connectivity index (χ2n) is 7.26. The monoisotopic (exact) mass is 476 g/mol. The number of nitrogens with one attached hydrogen (secondary N) is 2. The molecule has 0 aromatic heterocycles. The number of hydrogen-bond donors (Lipinski definition) is 7. The van der Waals surface area contributed by atoms with Crippen molar-refractivity contribution in [2.45, 2.75) is 26.9 Å². The van der Waals surface area contributed by atoms with Crippen molar-refractivity contribution < 1.29 is 44.7 Å². The van der Waals surface area contributed by atoms with Crippen LogP contribution in [0.15, 0.2) is 30.3 Å². The first kappa shape index (κ1) is 28.1. The number of carbonyl (C=O) groups excluding carboxylic acids is 2. The first-order chi connectivity index (χ1) is 15.9. The summed E-state index contributed by atoms with van der Waals surface area (Å²) in [6.07, 6.45) is -0.453. The van der Waals surface area contributed by atoms with Gasteiger partial charge >= 0.3 is 0 Å². The minimum Gasteiger partial charge on any atom is -0.507 e. The van der Waals surface area contributed by atoms with Gasteiger partial charge in [-0.25, -0.2) is 0 Å². The van der Waals surface area contributed by atoms with Crippen LogP contribution < -0.4 is 10.6 Å². The summed E-state index contributed by atoms with van der Waals surface area (Å²) in [5, 5.41) is 50.2. The zero-order valence-corrected chi connectivity index (χ0v) is 19.0. The maximum absolute atomic E-state index is 12.9. The van der Waals surface area contributed by atoms with Gasteiger partial charge in [-0.05, 0) is 25.1 Å². The van der Waals surface area contributed by atoms with Crippen molar-refractivity contribution in [2.75, 3.05) is 25.0 Å². The van der Waals surface area contributed by atoms with Crippen LogP contribution in [0.4, 0.5) is 5.69 Å². The third kappa shape index (κ3) is 7.87. The van der Waals surface area contributed by atoms with Gasteiger partial charge in [0.25, 0.3) is 11.9 Å². The van der Waals surface area contributed by atoms with E-state index < -0.39 is 29.6 Å². The maximum atomic E-state index is 12.9. The van der Waals surface area contributed by atoms with E-state index in [-0.39, 0.29) is 33.8 Å². The van der Waals surface area contributed by atoms with E-state index in [4.69, 9.17) is 19.8 Å². The Hall–Kier alpha value is -3.96. The summed E-state index contributed by atoms with van der Waals surface area (Å²) < 4.78 is 0. The molecule has 11 nitrogen and oxygen atoms in total. The summed E-state index contributed by atoms with van der Waals surface area (Å²) in [5.41, 5.74) is 0.502. The average Bonchev–Trinajstić information content (AvgIpc) is 2.72. The number of aromatic hydroxyl groups is 2. The molecule has 0 bridgehead atoms. The van der Waals surface area contributed by atoms with Crippen molar-refractivity contribution in [3.8, 4) is 11.5 Å². The maximum Gasteiger partial charge on any atom is 0.300 e. The minimum atomic E-state index is -0.833. The van der Waals surface area contributed by atoms with Crippen LogP contribution in [0.2, 0.25) is 0 Å². The van der Waals surface area contributed by atoms with E-state index in [1.165, 1.54) is 18.2 Å². The molecule has 1 unspecified atom stereocenters. The van der Waals surface area contributed by atoms with Crippen molar-refractivity contribution in [1.29, 1.82) is 0 Å². The molecule has 1 atom stereocenters. The van der Waals surface area contributed by atoms with Crippen LogP contribution in [0.5, 0.6) is 11.5 Å². The van der Waals surface area contributed by atoms with Crippen LogP contribution in [0, 0.1) is 0 Å². The van der Waals surface area contributed by atoms with Crippen molar-refractivity contribution in [1.82, 2.24) is 5.32 Å². The lowest BCUT2D eigenvalue weighted by atomic mass is 9.82. The van der Waals surface area contributed by atoms with Crippen LogP contribution >= 0.6 is 0 Å². The summed E-state index contributed by atoms with van der Waals surface area (Å²) in [6, 6.07) is 7.25. The van der Waals surface area contributed by atoms with Gasteiger partial charge in [0, 0.05) is 44.7 Å². The Labute approximate surface area is 195 Å². The number of carboxylic acid groups (broad SMARTS) is 2. The Morgan fingerprint density at radius 3 is 1.85 bits per heavy atom. The molecule has 0 heterocycles. The molecule has 0 saturated heterocycles. The molecule has 0 aliphatic heterocycles. The largest absolute Gasteiger partial charge is 0.507 e. The van der Waals surface area contributed by atoms with Crippen LogP contribution in [0.1, 0.15) is 52.6 Å². The third-order valence-corrected chi connectivity index (χ3v) is 4.21. The first-order valence-corrected chi connectivity index (χ1v) is 10.2. The highest BCUT2D eigenvalue weighted by molar-refractivity contribution is 6.31. The zero-order valence-electron chi connectivity index (χ0n) is 19.0. The van der Waals surface area contributed by atoms with Crippen LogP contribution in [0.3, 0.4) is 0 Å². The molecule has 7 N–H and O–H groups in total. The minimum absolute atomic E-state index is 0.168. The normalized spacial score (nSPS) is 12.1. The van der Waals surface area contributed by atoms with Crippen LogP contribution in [0.25, 0.3) is 0 Å². The van der Waals surface area contributed by atoms with Gasteiger partial charge < -0.3 is 36.2 Å². The highest BCUT2D eigenvalue weighted by Gasteiger charge is 2.35. The van der Waals surface area contributed by atoms with Crippen molar-refractivity contribution in [3.05, 3.63) is 52.6 Å². The molecule has 0 spiro atoms. The van der Waals surface area contributed by atoms with Gasteiger partial charge in [-0.3, -0.25) is 19.2 Å². The van der Waals surface area contributed by atoms with Crippen molar-refractivity contribution >= 4 is 29.2 Å². The lowest BCUT2D eigenvalue weighted by Crippen LogP contribution is -2.29. The summed E-state index contributed by atoms with van der Waals surface area (Å²) in [7, 11) is 0. The predicted octanol–water partition coefficient (Wildman–Crippen LogP) is 1.44. The zero-order chi connectivity index (χ0) is 26.0. The summed E-state index contributed by atoms with van der Waals surface area (Å²) in [6.45, 7) is 5.33. The number of aliphatic hydroxyl groups is 1. The predicted molar refractivity (Wildman–Crippen MR) is 123 cm³/mol. The van der Waals surface area contributed by atoms with Crippen molar-refractivity contribution in [2.24, 2.45) is 0 Å². The van der Waals surface area contributed by atoms with Crippen molar-refractivity contribution in [3.63, 3.8) is 0 Å². The number of hydrogen-bond acceptors (Lipinski definition) is 9. The molecular formula is C23H28N2O9. The van der Waals surface area contributed by atoms with Gasteiger partial charge in [-0.15, -0.1) is 0 Å². The number of ketones is 2. The number of aliphatic hydroxyl groups excluding tert-OH is 1. The van der Waals surface area contributed by atoms with E-state index in [9.17, 15) is 24.9 Å². The third-order valence-electron chi connectivity index (χ3n) is 4.21. The van der Waals surface area contributed by atoms with Gasteiger partial charge in [-0.1, -0.05) is 12.1 Å². The van der Waals surface area contributed by atoms with Gasteiger partial charge in [0.15, 0.2) is 11.6 Å². The highest BCUT2D eigenvalue weighted by Crippen LogP contribution is 2.39. The standard InChI is InChI=1S/C19H20N2O5.2C2H4O2/c1-10(22)9-20-7-8-21-12-4-2-3-11-15(12)19(26)17-14(24)6-5-13(23)16(17)18(11)25;2*1-2(3)4/h2-6,10,20-24H,7-9H2,1H3;2*1H3,(H,3,4). The summed E-state index contributed by atoms with van der Waals surface area (Å²) >= 11 is 0. The molecule has 2 aromatic rings. The number of carbonyl (C=O) groups is 4. The number of rotatable bonds is 6. The van der Waals surface area contributed by atoms with Crippen LogP contribution in [-0.4, -0.2) is 74.8 Å². The van der Waals surface area contributed by atoms with E-state index in [1.54, 1.807) is 19.1 Å². The molecule has 0 saturated carbocycles. The molecule has 0 amide bonds. The molecule has 2 aromatic carbocycles. The molecule has 3 rings (SSSR count). The molecule has 0 fully saturated rings. The second-order valence-corrected chi connectivity index (χ2v) is 7.26. The molecule has 11 heteroatoms. The van der Waals surface area contributed by atoms with E-state index >= 15 is 0 Å². The molecule has 1 aliphatic carbocycles. The fourth-order valence-corrected chi connectivity index (χ4v) is 3.03. The smallest absolute Gasteiger partial charge is 0.300 e. The Balaban J connectivity index is 0.000000629. The average molecular weight is 476 g/mol. The van der Waals surface area contributed by atoms with E-state index in [1.807, 2.05) is 0 Å². The molecule has 34 heavy (non-hydrogen) atoms. The summed E-state index contributed by atoms with van der Waals surface area (Å²) in [4.78, 5) is 43.7. The Morgan fingerprint density at radius 2 is 1.35 bits per heavy atom. The SMILES string of the molecule is CC(=O)O.CC(=O)O.CC(O)CNCCNc1cccc2c1C(=O)c1c(O)ccc(O)c1C2=O. The Morgan fingerprint density at radius 1 is 0.853 bits per heavy atom. The Kier molecular flexibility index (Phi) is 10.7. The number of phenolic OH excluding ortho intramolecular Hbond substituents is 2. The number of fused-ring (bicyclic) bond motifs is 2. The van der Waals surface area contributed by atoms with E-state index in [0.29, 0.717) is 25.3 Å². The topological polar surface area (TPSA) is 193 Å². The fraction of sp³-hybridized carbons (Fsp3) is 0.304. The van der Waals surface area contributed by atoms with Gasteiger partial charge in [-0.2, -0.15) is 0 Å². The second kappa shape index (κ2) is 12.9. The fourth-order valence-electron chi connectivity index (χ4n) is 3.03. The molecule has 0 radical (unpaired) electrons.